The van der Waals surface area contributed by atoms with Crippen molar-refractivity contribution in [1.82, 2.24) is 14.9 Å². The third-order valence-electron chi connectivity index (χ3n) is 5.44. The van der Waals surface area contributed by atoms with Gasteiger partial charge in [-0.25, -0.2) is 4.98 Å². The van der Waals surface area contributed by atoms with E-state index in [0.29, 0.717) is 0 Å². The van der Waals surface area contributed by atoms with Crippen molar-refractivity contribution >= 4 is 17.5 Å². The Hall–Kier alpha value is -2.54. The minimum Gasteiger partial charge on any atom is -0.495 e. The van der Waals surface area contributed by atoms with Crippen LogP contribution in [0.3, 0.4) is 0 Å². The van der Waals surface area contributed by atoms with Crippen LogP contribution in [-0.4, -0.2) is 81.4 Å². The van der Waals surface area contributed by atoms with Crippen LogP contribution in [0.1, 0.15) is 0 Å². The van der Waals surface area contributed by atoms with E-state index in [1.165, 1.54) is 5.69 Å². The molecule has 1 aromatic heterocycles. The molecule has 0 aliphatic carbocycles. The molecule has 2 aliphatic heterocycles. The smallest absolute Gasteiger partial charge is 0.227 e. The average molecular weight is 368 g/mol. The molecule has 2 aromatic rings. The molecule has 2 fully saturated rings. The van der Waals surface area contributed by atoms with Gasteiger partial charge in [0.25, 0.3) is 0 Å². The number of piperazine rings is 2. The van der Waals surface area contributed by atoms with E-state index in [1.807, 2.05) is 24.4 Å². The number of aromatic nitrogens is 2. The zero-order chi connectivity index (χ0) is 18.6. The average Bonchev–Trinajstić information content (AvgIpc) is 2.74. The van der Waals surface area contributed by atoms with E-state index in [-0.39, 0.29) is 0 Å². The molecule has 7 heteroatoms. The number of hydrogen-bond donors (Lipinski definition) is 0. The second-order valence-electron chi connectivity index (χ2n) is 7.15. The van der Waals surface area contributed by atoms with E-state index in [0.717, 1.165) is 69.9 Å². The van der Waals surface area contributed by atoms with Crippen LogP contribution in [0.5, 0.6) is 5.75 Å². The first-order valence-electron chi connectivity index (χ1n) is 9.64. The SMILES string of the molecule is COc1ccccc1N1CCN(c2ccnc(N3CCN(C)CC3)n2)CC1. The fourth-order valence-corrected chi connectivity index (χ4v) is 3.74. The number of methoxy groups -OCH3 is 1. The molecule has 0 radical (unpaired) electrons. The Morgan fingerprint density at radius 1 is 0.815 bits per heavy atom. The van der Waals surface area contributed by atoms with E-state index >= 15 is 0 Å². The highest BCUT2D eigenvalue weighted by atomic mass is 16.5. The molecular weight excluding hydrogens is 340 g/mol. The third kappa shape index (κ3) is 3.93. The standard InChI is InChI=1S/C20H28N6O/c1-23-9-11-26(12-10-23)20-21-8-7-19(22-20)25-15-13-24(14-16-25)17-5-3-4-6-18(17)27-2/h3-8H,9-16H2,1-2H3. The van der Waals surface area contributed by atoms with Crippen LogP contribution < -0.4 is 19.4 Å². The van der Waals surface area contributed by atoms with Crippen LogP contribution in [0.15, 0.2) is 36.5 Å². The van der Waals surface area contributed by atoms with E-state index in [4.69, 9.17) is 9.72 Å². The van der Waals surface area contributed by atoms with E-state index in [2.05, 4.69) is 43.8 Å². The van der Waals surface area contributed by atoms with Gasteiger partial charge in [0.1, 0.15) is 11.6 Å². The van der Waals surface area contributed by atoms with Gasteiger partial charge in [0.05, 0.1) is 12.8 Å². The Morgan fingerprint density at radius 2 is 1.48 bits per heavy atom. The summed E-state index contributed by atoms with van der Waals surface area (Å²) in [6.07, 6.45) is 1.89. The van der Waals surface area contributed by atoms with Gasteiger partial charge in [-0.3, -0.25) is 0 Å². The van der Waals surface area contributed by atoms with E-state index in [1.54, 1.807) is 7.11 Å². The number of ether oxygens (including phenoxy) is 1. The van der Waals surface area contributed by atoms with Crippen LogP contribution in [0, 0.1) is 0 Å². The monoisotopic (exact) mass is 368 g/mol. The van der Waals surface area contributed by atoms with Crippen molar-refractivity contribution < 1.29 is 4.74 Å². The van der Waals surface area contributed by atoms with Crippen molar-refractivity contribution in [3.05, 3.63) is 36.5 Å². The fourth-order valence-electron chi connectivity index (χ4n) is 3.74. The summed E-state index contributed by atoms with van der Waals surface area (Å²) in [5.41, 5.74) is 1.17. The molecule has 0 atom stereocenters. The highest BCUT2D eigenvalue weighted by Crippen LogP contribution is 2.29. The van der Waals surface area contributed by atoms with E-state index in [9.17, 15) is 0 Å². The molecule has 7 nitrogen and oxygen atoms in total. The van der Waals surface area contributed by atoms with Crippen molar-refractivity contribution in [2.75, 3.05) is 81.2 Å². The van der Waals surface area contributed by atoms with Crippen LogP contribution in [0.25, 0.3) is 0 Å². The summed E-state index contributed by atoms with van der Waals surface area (Å²) in [6, 6.07) is 10.3. The second kappa shape index (κ2) is 8.00. The van der Waals surface area contributed by atoms with Crippen molar-refractivity contribution in [2.45, 2.75) is 0 Å². The molecule has 0 N–H and O–H groups in total. The number of nitrogens with zero attached hydrogens (tertiary/aromatic N) is 6. The maximum atomic E-state index is 5.52. The molecule has 3 heterocycles. The number of anilines is 3. The van der Waals surface area contributed by atoms with Gasteiger partial charge >= 0.3 is 0 Å². The van der Waals surface area contributed by atoms with Gasteiger partial charge in [-0.05, 0) is 25.2 Å². The van der Waals surface area contributed by atoms with Gasteiger partial charge in [-0.1, -0.05) is 12.1 Å². The molecule has 1 aromatic carbocycles. The number of hydrogen-bond acceptors (Lipinski definition) is 7. The Bertz CT molecular complexity index is 754. The van der Waals surface area contributed by atoms with Crippen LogP contribution in [0.2, 0.25) is 0 Å². The van der Waals surface area contributed by atoms with Gasteiger partial charge in [-0.2, -0.15) is 4.98 Å². The quantitative estimate of drug-likeness (QED) is 0.812. The maximum absolute atomic E-state index is 5.52. The normalized spacial score (nSPS) is 18.7. The summed E-state index contributed by atoms with van der Waals surface area (Å²) in [5, 5.41) is 0. The summed E-state index contributed by atoms with van der Waals surface area (Å²) in [6.45, 7) is 7.89. The molecule has 0 bridgehead atoms. The number of para-hydroxylation sites is 2. The Labute approximate surface area is 161 Å². The van der Waals surface area contributed by atoms with Gasteiger partial charge in [0.15, 0.2) is 0 Å². The van der Waals surface area contributed by atoms with Gasteiger partial charge in [0, 0.05) is 58.6 Å². The third-order valence-corrected chi connectivity index (χ3v) is 5.44. The minimum atomic E-state index is 0.854. The molecule has 0 unspecified atom stereocenters. The first-order chi connectivity index (χ1) is 13.2. The maximum Gasteiger partial charge on any atom is 0.227 e. The predicted molar refractivity (Wildman–Crippen MR) is 109 cm³/mol. The van der Waals surface area contributed by atoms with Crippen LogP contribution in [0.4, 0.5) is 17.5 Å². The van der Waals surface area contributed by atoms with Gasteiger partial charge in [-0.15, -0.1) is 0 Å². The van der Waals surface area contributed by atoms with Crippen molar-refractivity contribution in [1.29, 1.82) is 0 Å². The first kappa shape index (κ1) is 17.9. The molecule has 0 spiro atoms. The zero-order valence-electron chi connectivity index (χ0n) is 16.2. The van der Waals surface area contributed by atoms with Crippen LogP contribution >= 0.6 is 0 Å². The molecule has 4 rings (SSSR count). The lowest BCUT2D eigenvalue weighted by atomic mass is 10.2. The molecule has 0 saturated carbocycles. The van der Waals surface area contributed by atoms with Crippen LogP contribution in [-0.2, 0) is 0 Å². The van der Waals surface area contributed by atoms with Crippen molar-refractivity contribution in [2.24, 2.45) is 0 Å². The summed E-state index contributed by atoms with van der Waals surface area (Å²) in [7, 11) is 3.89. The Kier molecular flexibility index (Phi) is 5.29. The molecule has 144 valence electrons. The molecule has 27 heavy (non-hydrogen) atoms. The molecule has 0 amide bonds. The summed E-state index contributed by atoms with van der Waals surface area (Å²) in [5.74, 6) is 2.82. The summed E-state index contributed by atoms with van der Waals surface area (Å²) >= 11 is 0. The molecular formula is C20H28N6O. The highest BCUT2D eigenvalue weighted by molar-refractivity contribution is 5.59. The molecule has 2 saturated heterocycles. The van der Waals surface area contributed by atoms with E-state index < -0.39 is 0 Å². The zero-order valence-corrected chi connectivity index (χ0v) is 16.2. The fraction of sp³-hybridized carbons (Fsp3) is 0.500. The first-order valence-corrected chi connectivity index (χ1v) is 9.64. The van der Waals surface area contributed by atoms with Gasteiger partial charge in [0.2, 0.25) is 5.95 Å². The number of likely N-dealkylation sites (N-methyl/N-ethyl adjacent to an activating group) is 1. The lowest BCUT2D eigenvalue weighted by Crippen LogP contribution is -2.47. The lowest BCUT2D eigenvalue weighted by molar-refractivity contribution is 0.311. The number of rotatable bonds is 4. The highest BCUT2D eigenvalue weighted by Gasteiger charge is 2.22. The summed E-state index contributed by atoms with van der Waals surface area (Å²) in [4.78, 5) is 18.7. The minimum absolute atomic E-state index is 0.854. The van der Waals surface area contributed by atoms with Crippen molar-refractivity contribution in [3.8, 4) is 5.75 Å². The largest absolute Gasteiger partial charge is 0.495 e. The van der Waals surface area contributed by atoms with Crippen molar-refractivity contribution in [3.63, 3.8) is 0 Å². The lowest BCUT2D eigenvalue weighted by Gasteiger charge is -2.37. The Morgan fingerprint density at radius 3 is 2.22 bits per heavy atom. The predicted octanol–water partition coefficient (Wildman–Crippen LogP) is 1.56. The number of benzene rings is 1. The summed E-state index contributed by atoms with van der Waals surface area (Å²) < 4.78 is 5.52. The Balaban J connectivity index is 1.42. The molecule has 2 aliphatic rings. The topological polar surface area (TPSA) is 48.0 Å². The van der Waals surface area contributed by atoms with Gasteiger partial charge < -0.3 is 24.3 Å². The second-order valence-corrected chi connectivity index (χ2v) is 7.15.